The van der Waals surface area contributed by atoms with E-state index in [2.05, 4.69) is 37.1 Å². The van der Waals surface area contributed by atoms with Crippen molar-refractivity contribution >= 4 is 29.3 Å². The maximum absolute atomic E-state index is 12.4. The highest BCUT2D eigenvalue weighted by atomic mass is 32.1. The number of imide groups is 1. The number of hydrogen-bond donors (Lipinski definition) is 0. The zero-order valence-electron chi connectivity index (χ0n) is 20.6. The number of ether oxygens (including phenoxy) is 2. The average molecular weight is 469 g/mol. The number of amides is 3. The molecule has 0 spiro atoms. The van der Waals surface area contributed by atoms with Crippen molar-refractivity contribution in [1.82, 2.24) is 19.6 Å². The van der Waals surface area contributed by atoms with E-state index in [9.17, 15) is 9.59 Å². The Labute approximate surface area is 198 Å². The molecule has 0 N–H and O–H groups in total. The Balaban J connectivity index is 1.65. The van der Waals surface area contributed by atoms with Crippen molar-refractivity contribution in [2.24, 2.45) is 0 Å². The molecule has 0 aromatic rings. The zero-order valence-corrected chi connectivity index (χ0v) is 21.4. The molecular weight excluding hydrogens is 428 g/mol. The third-order valence-electron chi connectivity index (χ3n) is 6.25. The molecule has 0 atom stereocenters. The number of rotatable bonds is 13. The van der Waals surface area contributed by atoms with Crippen LogP contribution in [0.15, 0.2) is 12.3 Å². The quantitative estimate of drug-likeness (QED) is 0.234. The summed E-state index contributed by atoms with van der Waals surface area (Å²) in [6, 6.07) is -0.212. The Hall–Kier alpha value is -1.71. The lowest BCUT2D eigenvalue weighted by atomic mass is 9.99. The molecule has 3 amide bonds. The van der Waals surface area contributed by atoms with Gasteiger partial charge in [0.25, 0.3) is 5.91 Å². The Morgan fingerprint density at radius 1 is 0.844 bits per heavy atom. The smallest absolute Gasteiger partial charge is 0.327 e. The third-order valence-corrected chi connectivity index (χ3v) is 6.69. The molecule has 2 fully saturated rings. The minimum Gasteiger partial charge on any atom is -0.379 e. The van der Waals surface area contributed by atoms with Crippen molar-refractivity contribution in [1.29, 1.82) is 0 Å². The third kappa shape index (κ3) is 5.99. The Kier molecular flexibility index (Phi) is 9.07. The van der Waals surface area contributed by atoms with Crippen LogP contribution < -0.4 is 0 Å². The molecule has 0 radical (unpaired) electrons. The molecule has 32 heavy (non-hydrogen) atoms. The van der Waals surface area contributed by atoms with Crippen molar-refractivity contribution in [2.45, 2.75) is 65.5 Å². The number of thiocarbonyl (C=S) groups is 1. The molecule has 2 saturated heterocycles. The first kappa shape index (κ1) is 26.5. The summed E-state index contributed by atoms with van der Waals surface area (Å²) >= 11 is 5.62. The van der Waals surface area contributed by atoms with Crippen molar-refractivity contribution in [3.63, 3.8) is 0 Å². The van der Waals surface area contributed by atoms with E-state index in [1.165, 1.54) is 4.90 Å². The summed E-state index contributed by atoms with van der Waals surface area (Å²) in [6.45, 7) is 20.7. The van der Waals surface area contributed by atoms with Gasteiger partial charge in [-0.3, -0.25) is 9.69 Å². The fraction of sp³-hybridized carbons (Fsp3) is 0.783. The molecule has 2 rings (SSSR count). The lowest BCUT2D eigenvalue weighted by Crippen LogP contribution is -2.49. The highest BCUT2D eigenvalue weighted by Gasteiger charge is 2.43. The molecule has 0 aromatic heterocycles. The van der Waals surface area contributed by atoms with E-state index < -0.39 is 5.54 Å². The van der Waals surface area contributed by atoms with Crippen LogP contribution in [0.4, 0.5) is 4.79 Å². The molecule has 9 heteroatoms. The maximum Gasteiger partial charge on any atom is 0.327 e. The number of urea groups is 1. The van der Waals surface area contributed by atoms with Crippen LogP contribution in [-0.4, -0.2) is 100 Å². The topological polar surface area (TPSA) is 65.6 Å². The molecule has 0 bridgehead atoms. The molecule has 0 aliphatic carbocycles. The fourth-order valence-electron chi connectivity index (χ4n) is 4.15. The zero-order chi connectivity index (χ0) is 24.1. The van der Waals surface area contributed by atoms with E-state index in [1.54, 1.807) is 4.90 Å². The van der Waals surface area contributed by atoms with Crippen molar-refractivity contribution in [2.75, 3.05) is 52.6 Å². The predicted octanol–water partition coefficient (Wildman–Crippen LogP) is 3.08. The van der Waals surface area contributed by atoms with Crippen molar-refractivity contribution in [3.8, 4) is 0 Å². The van der Waals surface area contributed by atoms with Crippen LogP contribution >= 0.6 is 12.2 Å². The number of nitrogens with zero attached hydrogens (tertiary/aromatic N) is 4. The van der Waals surface area contributed by atoms with Gasteiger partial charge in [0.1, 0.15) is 6.54 Å². The van der Waals surface area contributed by atoms with Crippen LogP contribution in [-0.2, 0) is 14.3 Å². The number of likely N-dealkylation sites (N-methyl/N-ethyl adjacent to an activating group) is 2. The summed E-state index contributed by atoms with van der Waals surface area (Å²) < 4.78 is 11.5. The Morgan fingerprint density at radius 2 is 1.34 bits per heavy atom. The van der Waals surface area contributed by atoms with Gasteiger partial charge in [0.2, 0.25) is 0 Å². The van der Waals surface area contributed by atoms with Crippen LogP contribution in [0.2, 0.25) is 0 Å². The largest absolute Gasteiger partial charge is 0.379 e. The lowest BCUT2D eigenvalue weighted by molar-refractivity contribution is -0.129. The van der Waals surface area contributed by atoms with Gasteiger partial charge < -0.3 is 24.2 Å². The van der Waals surface area contributed by atoms with Crippen LogP contribution in [0.5, 0.6) is 0 Å². The Morgan fingerprint density at radius 3 is 1.78 bits per heavy atom. The van der Waals surface area contributed by atoms with Gasteiger partial charge in [0, 0.05) is 43.1 Å². The summed E-state index contributed by atoms with van der Waals surface area (Å²) in [7, 11) is 0. The molecule has 182 valence electrons. The number of hydrogen-bond acceptors (Lipinski definition) is 5. The lowest BCUT2D eigenvalue weighted by Gasteiger charge is -2.37. The second kappa shape index (κ2) is 10.9. The molecule has 2 aliphatic heterocycles. The highest BCUT2D eigenvalue weighted by Crippen LogP contribution is 2.30. The van der Waals surface area contributed by atoms with Gasteiger partial charge in [0.15, 0.2) is 5.11 Å². The summed E-state index contributed by atoms with van der Waals surface area (Å²) in [6.07, 6.45) is 1.40. The second-order valence-corrected chi connectivity index (χ2v) is 9.94. The van der Waals surface area contributed by atoms with Gasteiger partial charge in [-0.15, -0.1) is 0 Å². The molecule has 0 aromatic carbocycles. The minimum atomic E-state index is -0.577. The van der Waals surface area contributed by atoms with E-state index in [4.69, 9.17) is 21.7 Å². The van der Waals surface area contributed by atoms with Gasteiger partial charge in [-0.25, -0.2) is 4.79 Å². The van der Waals surface area contributed by atoms with Gasteiger partial charge >= 0.3 is 6.03 Å². The number of carbonyl (C=O) groups is 2. The first-order chi connectivity index (χ1) is 15.0. The summed E-state index contributed by atoms with van der Waals surface area (Å²) in [4.78, 5) is 31.9. The van der Waals surface area contributed by atoms with Crippen LogP contribution in [0.1, 0.15) is 54.4 Å². The van der Waals surface area contributed by atoms with E-state index in [0.29, 0.717) is 39.4 Å². The molecule has 8 nitrogen and oxygen atoms in total. The number of carbonyl (C=O) groups excluding carboxylic acids is 2. The first-order valence-electron chi connectivity index (χ1n) is 11.5. The molecule has 2 aliphatic rings. The van der Waals surface area contributed by atoms with Gasteiger partial charge in [-0.05, 0) is 66.6 Å². The van der Waals surface area contributed by atoms with Gasteiger partial charge in [0.05, 0.1) is 19.8 Å². The van der Waals surface area contributed by atoms with E-state index in [-0.39, 0.29) is 24.0 Å². The predicted molar refractivity (Wildman–Crippen MR) is 129 cm³/mol. The van der Waals surface area contributed by atoms with Crippen LogP contribution in [0, 0.1) is 0 Å². The summed E-state index contributed by atoms with van der Waals surface area (Å²) in [5.41, 5.74) is 0.292. The molecule has 0 saturated carbocycles. The maximum atomic E-state index is 12.4. The monoisotopic (exact) mass is 468 g/mol. The SMILES string of the molecule is C=C1CN(CC)C(=S)N1C(C)(C)CCOCCOCCC(C)(C)N1C(=O)CN(CC)C1=O. The molecule has 2 heterocycles. The van der Waals surface area contributed by atoms with E-state index in [0.717, 1.165) is 30.3 Å². The standard InChI is InChI=1S/C23H40N4O4S/c1-8-24-17-19(28)27(20(24)29)23(6,7)11-13-31-15-14-30-12-10-22(4,5)26-18(3)16-25(9-2)21(26)32/h3,8-17H2,1-2,4-7H3. The fourth-order valence-corrected chi connectivity index (χ4v) is 4.72. The van der Waals surface area contributed by atoms with Crippen LogP contribution in [0.3, 0.4) is 0 Å². The second-order valence-electron chi connectivity index (χ2n) is 9.57. The highest BCUT2D eigenvalue weighted by molar-refractivity contribution is 7.80. The van der Waals surface area contributed by atoms with Crippen molar-refractivity contribution in [3.05, 3.63) is 12.3 Å². The van der Waals surface area contributed by atoms with Crippen LogP contribution in [0.25, 0.3) is 0 Å². The normalized spacial score (nSPS) is 18.1. The molecule has 0 unspecified atom stereocenters. The first-order valence-corrected chi connectivity index (χ1v) is 11.9. The van der Waals surface area contributed by atoms with E-state index >= 15 is 0 Å². The molecular formula is C23H40N4O4S. The van der Waals surface area contributed by atoms with Crippen molar-refractivity contribution < 1.29 is 19.1 Å². The van der Waals surface area contributed by atoms with Gasteiger partial charge in [-0.1, -0.05) is 6.58 Å². The minimum absolute atomic E-state index is 0.143. The Bertz CT molecular complexity index is 665. The summed E-state index contributed by atoms with van der Waals surface area (Å²) in [5, 5.41) is 0.838. The average Bonchev–Trinajstić information content (AvgIpc) is 3.18. The summed E-state index contributed by atoms with van der Waals surface area (Å²) in [5.74, 6) is -0.143. The van der Waals surface area contributed by atoms with E-state index in [1.807, 2.05) is 20.8 Å². The van der Waals surface area contributed by atoms with Gasteiger partial charge in [-0.2, -0.15) is 0 Å².